The number of hydrogen-bond acceptors (Lipinski definition) is 2. The summed E-state index contributed by atoms with van der Waals surface area (Å²) in [4.78, 5) is 0. The summed E-state index contributed by atoms with van der Waals surface area (Å²) < 4.78 is 5.36. The molecule has 0 amide bonds. The predicted octanol–water partition coefficient (Wildman–Crippen LogP) is 3.48. The zero-order valence-electron chi connectivity index (χ0n) is 9.87. The van der Waals surface area contributed by atoms with Crippen LogP contribution in [0.4, 0.5) is 0 Å². The van der Waals surface area contributed by atoms with E-state index in [-0.39, 0.29) is 5.41 Å². The molecule has 0 saturated heterocycles. The molecule has 0 fully saturated rings. The van der Waals surface area contributed by atoms with Gasteiger partial charge in [0.15, 0.2) is 0 Å². The van der Waals surface area contributed by atoms with Gasteiger partial charge in [0.25, 0.3) is 0 Å². The molecular formula is C14H15NO. The van der Waals surface area contributed by atoms with Crippen molar-refractivity contribution in [2.24, 2.45) is 0 Å². The molecule has 0 aliphatic heterocycles. The third-order valence-electron chi connectivity index (χ3n) is 3.44. The number of aryl methyl sites for hydroxylation is 1. The second-order valence-corrected chi connectivity index (χ2v) is 5.18. The highest BCUT2D eigenvalue weighted by Crippen LogP contribution is 2.43. The lowest BCUT2D eigenvalue weighted by atomic mass is 9.72. The topological polar surface area (TPSA) is 26.0 Å². The minimum absolute atomic E-state index is 0.119. The van der Waals surface area contributed by atoms with Crippen LogP contribution in [0.3, 0.4) is 0 Å². The van der Waals surface area contributed by atoms with E-state index in [1.807, 2.05) is 6.92 Å². The molecule has 0 saturated carbocycles. The molecule has 82 valence electrons. The van der Waals surface area contributed by atoms with Crippen LogP contribution >= 0.6 is 0 Å². The lowest BCUT2D eigenvalue weighted by molar-refractivity contribution is 0.393. The summed E-state index contributed by atoms with van der Waals surface area (Å²) >= 11 is 0. The zero-order chi connectivity index (χ0) is 11.3. The molecule has 3 rings (SSSR count). The fourth-order valence-corrected chi connectivity index (χ4v) is 2.82. The second kappa shape index (κ2) is 2.97. The first-order chi connectivity index (χ1) is 7.59. The molecule has 16 heavy (non-hydrogen) atoms. The van der Waals surface area contributed by atoms with Gasteiger partial charge in [-0.1, -0.05) is 43.3 Å². The average molecular weight is 213 g/mol. The van der Waals surface area contributed by atoms with Crippen molar-refractivity contribution in [3.63, 3.8) is 0 Å². The van der Waals surface area contributed by atoms with E-state index in [4.69, 9.17) is 4.52 Å². The maximum Gasteiger partial charge on any atom is 0.138 e. The van der Waals surface area contributed by atoms with Crippen molar-refractivity contribution in [1.82, 2.24) is 5.16 Å². The Labute approximate surface area is 95.3 Å². The highest BCUT2D eigenvalue weighted by Gasteiger charge is 2.35. The van der Waals surface area contributed by atoms with Crippen molar-refractivity contribution < 1.29 is 4.52 Å². The molecule has 1 heterocycles. The van der Waals surface area contributed by atoms with E-state index in [1.165, 1.54) is 16.7 Å². The molecule has 2 nitrogen and oxygen atoms in total. The van der Waals surface area contributed by atoms with Crippen LogP contribution in [0, 0.1) is 6.92 Å². The summed E-state index contributed by atoms with van der Waals surface area (Å²) in [6, 6.07) is 8.47. The summed E-state index contributed by atoms with van der Waals surface area (Å²) in [5.41, 5.74) is 5.02. The molecule has 0 atom stereocenters. The van der Waals surface area contributed by atoms with Gasteiger partial charge in [0.2, 0.25) is 0 Å². The van der Waals surface area contributed by atoms with Crippen molar-refractivity contribution in [3.05, 3.63) is 41.2 Å². The maximum atomic E-state index is 5.36. The van der Waals surface area contributed by atoms with Crippen LogP contribution in [0.1, 0.15) is 30.7 Å². The summed E-state index contributed by atoms with van der Waals surface area (Å²) in [6.07, 6.45) is 1.05. The van der Waals surface area contributed by atoms with Gasteiger partial charge >= 0.3 is 0 Å². The van der Waals surface area contributed by atoms with Crippen LogP contribution in [0.15, 0.2) is 28.8 Å². The Morgan fingerprint density at radius 2 is 2.00 bits per heavy atom. The Kier molecular flexibility index (Phi) is 1.79. The van der Waals surface area contributed by atoms with Crippen molar-refractivity contribution in [2.75, 3.05) is 0 Å². The molecule has 0 unspecified atom stereocenters. The average Bonchev–Trinajstić information content (AvgIpc) is 2.61. The predicted molar refractivity (Wildman–Crippen MR) is 63.4 cm³/mol. The van der Waals surface area contributed by atoms with Gasteiger partial charge in [-0.25, -0.2) is 0 Å². The Hall–Kier alpha value is -1.57. The van der Waals surface area contributed by atoms with Crippen molar-refractivity contribution in [3.8, 4) is 11.3 Å². The normalized spacial score (nSPS) is 16.7. The third kappa shape index (κ3) is 1.16. The molecule has 1 aliphatic carbocycles. The molecule has 0 spiro atoms. The first-order valence-electron chi connectivity index (χ1n) is 5.64. The maximum absolute atomic E-state index is 5.36. The molecule has 1 aliphatic rings. The number of benzene rings is 1. The number of fused-ring (bicyclic) bond motifs is 3. The molecule has 2 heteroatoms. The first kappa shape index (κ1) is 9.64. The summed E-state index contributed by atoms with van der Waals surface area (Å²) in [5.74, 6) is 0.953. The molecule has 0 bridgehead atoms. The van der Waals surface area contributed by atoms with Gasteiger partial charge in [-0.3, -0.25) is 0 Å². The van der Waals surface area contributed by atoms with Crippen molar-refractivity contribution in [2.45, 2.75) is 32.6 Å². The summed E-state index contributed by atoms with van der Waals surface area (Å²) in [7, 11) is 0. The fourth-order valence-electron chi connectivity index (χ4n) is 2.82. The van der Waals surface area contributed by atoms with E-state index >= 15 is 0 Å². The number of rotatable bonds is 0. The van der Waals surface area contributed by atoms with Crippen LogP contribution in [-0.4, -0.2) is 5.16 Å². The molecule has 1 aromatic heterocycles. The lowest BCUT2D eigenvalue weighted by Gasteiger charge is -2.30. The van der Waals surface area contributed by atoms with Crippen molar-refractivity contribution in [1.29, 1.82) is 0 Å². The number of hydrogen-bond donors (Lipinski definition) is 0. The van der Waals surface area contributed by atoms with E-state index in [0.717, 1.165) is 17.9 Å². The fraction of sp³-hybridized carbons (Fsp3) is 0.357. The molecule has 1 aromatic carbocycles. The van der Waals surface area contributed by atoms with Gasteiger partial charge in [0.05, 0.1) is 0 Å². The smallest absolute Gasteiger partial charge is 0.138 e. The summed E-state index contributed by atoms with van der Waals surface area (Å²) in [6.45, 7) is 6.51. The largest absolute Gasteiger partial charge is 0.361 e. The molecule has 0 N–H and O–H groups in total. The number of aromatic nitrogens is 1. The number of nitrogens with zero attached hydrogens (tertiary/aromatic N) is 1. The molecular weight excluding hydrogens is 198 g/mol. The second-order valence-electron chi connectivity index (χ2n) is 5.18. The Bertz CT molecular complexity index is 552. The Morgan fingerprint density at radius 3 is 2.81 bits per heavy atom. The quantitative estimate of drug-likeness (QED) is 0.669. The Balaban J connectivity index is 2.34. The lowest BCUT2D eigenvalue weighted by Crippen LogP contribution is -2.25. The Morgan fingerprint density at radius 1 is 1.25 bits per heavy atom. The van der Waals surface area contributed by atoms with Gasteiger partial charge < -0.3 is 4.52 Å². The minimum Gasteiger partial charge on any atom is -0.361 e. The van der Waals surface area contributed by atoms with Crippen LogP contribution < -0.4 is 0 Å². The van der Waals surface area contributed by atoms with E-state index in [1.54, 1.807) is 0 Å². The van der Waals surface area contributed by atoms with Crippen LogP contribution in [-0.2, 0) is 11.8 Å². The van der Waals surface area contributed by atoms with E-state index in [0.29, 0.717) is 0 Å². The highest BCUT2D eigenvalue weighted by molar-refractivity contribution is 5.71. The highest BCUT2D eigenvalue weighted by atomic mass is 16.5. The SMILES string of the molecule is Cc1onc2c1C(C)(C)Cc1ccccc1-2. The van der Waals surface area contributed by atoms with Gasteiger partial charge in [-0.15, -0.1) is 0 Å². The third-order valence-corrected chi connectivity index (χ3v) is 3.44. The first-order valence-corrected chi connectivity index (χ1v) is 5.64. The van der Waals surface area contributed by atoms with Gasteiger partial charge in [0.1, 0.15) is 11.5 Å². The molecule has 0 radical (unpaired) electrons. The van der Waals surface area contributed by atoms with Gasteiger partial charge in [0, 0.05) is 11.1 Å². The van der Waals surface area contributed by atoms with Crippen molar-refractivity contribution >= 4 is 0 Å². The van der Waals surface area contributed by atoms with E-state index in [2.05, 4.69) is 43.3 Å². The van der Waals surface area contributed by atoms with Gasteiger partial charge in [-0.2, -0.15) is 0 Å². The van der Waals surface area contributed by atoms with Crippen LogP contribution in [0.5, 0.6) is 0 Å². The van der Waals surface area contributed by atoms with E-state index in [9.17, 15) is 0 Å². The van der Waals surface area contributed by atoms with E-state index < -0.39 is 0 Å². The van der Waals surface area contributed by atoms with Crippen LogP contribution in [0.25, 0.3) is 11.3 Å². The van der Waals surface area contributed by atoms with Gasteiger partial charge in [-0.05, 0) is 24.3 Å². The molecule has 2 aromatic rings. The standard InChI is InChI=1S/C14H15NO/c1-9-12-13(15-16-9)11-7-5-4-6-10(11)8-14(12,2)3/h4-7H,8H2,1-3H3. The minimum atomic E-state index is 0.119. The summed E-state index contributed by atoms with van der Waals surface area (Å²) in [5, 5.41) is 4.22. The zero-order valence-corrected chi connectivity index (χ0v) is 9.87. The van der Waals surface area contributed by atoms with Crippen LogP contribution in [0.2, 0.25) is 0 Å². The monoisotopic (exact) mass is 213 g/mol.